The number of rotatable bonds is 5. The van der Waals surface area contributed by atoms with Crippen molar-refractivity contribution in [2.45, 2.75) is 32.9 Å². The van der Waals surface area contributed by atoms with Crippen LogP contribution in [-0.2, 0) is 11.3 Å². The van der Waals surface area contributed by atoms with Gasteiger partial charge in [-0.1, -0.05) is 13.0 Å². The summed E-state index contributed by atoms with van der Waals surface area (Å²) in [5, 5.41) is 3.34. The van der Waals surface area contributed by atoms with E-state index >= 15 is 0 Å². The highest BCUT2D eigenvalue weighted by molar-refractivity contribution is 5.42. The molecule has 1 aliphatic heterocycles. The van der Waals surface area contributed by atoms with Gasteiger partial charge in [0, 0.05) is 25.9 Å². The molecular weight excluding hydrogens is 226 g/mol. The zero-order chi connectivity index (χ0) is 13.0. The molecule has 0 bridgehead atoms. The SMILES string of the molecule is CCNCc1ccc(N(C)C2CCOC2)nc1C. The molecule has 0 spiro atoms. The van der Waals surface area contributed by atoms with Crippen LogP contribution in [0, 0.1) is 6.92 Å². The number of hydrogen-bond acceptors (Lipinski definition) is 4. The summed E-state index contributed by atoms with van der Waals surface area (Å²) >= 11 is 0. The maximum Gasteiger partial charge on any atom is 0.128 e. The molecule has 1 atom stereocenters. The summed E-state index contributed by atoms with van der Waals surface area (Å²) in [6, 6.07) is 4.75. The van der Waals surface area contributed by atoms with Crippen LogP contribution in [0.15, 0.2) is 12.1 Å². The van der Waals surface area contributed by atoms with Gasteiger partial charge in [0.15, 0.2) is 0 Å². The standard InChI is InChI=1S/C14H23N3O/c1-4-15-9-12-5-6-14(16-11(12)2)17(3)13-7-8-18-10-13/h5-6,13,15H,4,7-10H2,1-3H3. The van der Waals surface area contributed by atoms with Crippen molar-refractivity contribution in [2.24, 2.45) is 0 Å². The second kappa shape index (κ2) is 6.16. The topological polar surface area (TPSA) is 37.4 Å². The first-order valence-electron chi connectivity index (χ1n) is 6.70. The molecule has 1 aliphatic rings. The summed E-state index contributed by atoms with van der Waals surface area (Å²) in [6.45, 7) is 7.76. The summed E-state index contributed by atoms with van der Waals surface area (Å²) in [6.07, 6.45) is 1.09. The van der Waals surface area contributed by atoms with Gasteiger partial charge in [-0.2, -0.15) is 0 Å². The summed E-state index contributed by atoms with van der Waals surface area (Å²) in [5.74, 6) is 1.04. The Morgan fingerprint density at radius 3 is 2.94 bits per heavy atom. The highest BCUT2D eigenvalue weighted by Crippen LogP contribution is 2.19. The Hall–Kier alpha value is -1.13. The molecule has 1 unspecified atom stereocenters. The Labute approximate surface area is 109 Å². The fourth-order valence-corrected chi connectivity index (χ4v) is 2.23. The van der Waals surface area contributed by atoms with Crippen molar-refractivity contribution in [3.63, 3.8) is 0 Å². The average Bonchev–Trinajstić information content (AvgIpc) is 2.90. The monoisotopic (exact) mass is 249 g/mol. The highest BCUT2D eigenvalue weighted by atomic mass is 16.5. The van der Waals surface area contributed by atoms with Crippen molar-refractivity contribution in [1.82, 2.24) is 10.3 Å². The zero-order valence-electron chi connectivity index (χ0n) is 11.6. The molecule has 100 valence electrons. The van der Waals surface area contributed by atoms with Crippen LogP contribution in [0.1, 0.15) is 24.6 Å². The first kappa shape index (κ1) is 13.3. The van der Waals surface area contributed by atoms with E-state index in [1.807, 2.05) is 0 Å². The Bertz CT molecular complexity index is 389. The largest absolute Gasteiger partial charge is 0.379 e. The molecule has 1 aromatic heterocycles. The summed E-state index contributed by atoms with van der Waals surface area (Å²) in [7, 11) is 2.10. The molecule has 1 N–H and O–H groups in total. The number of nitrogens with zero attached hydrogens (tertiary/aromatic N) is 2. The van der Waals surface area contributed by atoms with E-state index in [9.17, 15) is 0 Å². The first-order valence-corrected chi connectivity index (χ1v) is 6.70. The molecule has 2 rings (SSSR count). The zero-order valence-corrected chi connectivity index (χ0v) is 11.6. The number of hydrogen-bond donors (Lipinski definition) is 1. The predicted octanol–water partition coefficient (Wildman–Crippen LogP) is 1.72. The minimum atomic E-state index is 0.469. The van der Waals surface area contributed by atoms with Gasteiger partial charge in [0.2, 0.25) is 0 Å². The van der Waals surface area contributed by atoms with Crippen LogP contribution in [0.25, 0.3) is 0 Å². The lowest BCUT2D eigenvalue weighted by Gasteiger charge is -2.25. The van der Waals surface area contributed by atoms with Gasteiger partial charge in [-0.25, -0.2) is 4.98 Å². The quantitative estimate of drug-likeness (QED) is 0.862. The third-order valence-electron chi connectivity index (χ3n) is 3.56. The maximum atomic E-state index is 5.43. The molecule has 0 aromatic carbocycles. The fraction of sp³-hybridized carbons (Fsp3) is 0.643. The lowest BCUT2D eigenvalue weighted by atomic mass is 10.2. The van der Waals surface area contributed by atoms with E-state index in [1.165, 1.54) is 5.56 Å². The Kier molecular flexibility index (Phi) is 4.55. The lowest BCUT2D eigenvalue weighted by Crippen LogP contribution is -2.32. The Balaban J connectivity index is 2.07. The van der Waals surface area contributed by atoms with E-state index in [-0.39, 0.29) is 0 Å². The maximum absolute atomic E-state index is 5.43. The minimum absolute atomic E-state index is 0.469. The third-order valence-corrected chi connectivity index (χ3v) is 3.56. The molecule has 2 heterocycles. The van der Waals surface area contributed by atoms with Crippen LogP contribution < -0.4 is 10.2 Å². The van der Waals surface area contributed by atoms with Gasteiger partial charge in [-0.15, -0.1) is 0 Å². The van der Waals surface area contributed by atoms with Gasteiger partial charge < -0.3 is 15.0 Å². The third kappa shape index (κ3) is 3.00. The normalized spacial score (nSPS) is 19.2. The van der Waals surface area contributed by atoms with E-state index in [2.05, 4.69) is 43.2 Å². The molecule has 0 radical (unpaired) electrons. The molecule has 4 heteroatoms. The predicted molar refractivity (Wildman–Crippen MR) is 74.0 cm³/mol. The van der Waals surface area contributed by atoms with Gasteiger partial charge >= 0.3 is 0 Å². The molecule has 1 fully saturated rings. The summed E-state index contributed by atoms with van der Waals surface area (Å²) in [4.78, 5) is 6.93. The average molecular weight is 249 g/mol. The van der Waals surface area contributed by atoms with Crippen LogP contribution in [0.4, 0.5) is 5.82 Å². The summed E-state index contributed by atoms with van der Waals surface area (Å²) in [5.41, 5.74) is 2.39. The van der Waals surface area contributed by atoms with Crippen LogP contribution in [-0.4, -0.2) is 37.8 Å². The van der Waals surface area contributed by atoms with Crippen molar-refractivity contribution in [3.05, 3.63) is 23.4 Å². The van der Waals surface area contributed by atoms with Crippen molar-refractivity contribution in [3.8, 4) is 0 Å². The highest BCUT2D eigenvalue weighted by Gasteiger charge is 2.21. The van der Waals surface area contributed by atoms with Gasteiger partial charge in [0.25, 0.3) is 0 Å². The fourth-order valence-electron chi connectivity index (χ4n) is 2.23. The van der Waals surface area contributed by atoms with Crippen LogP contribution >= 0.6 is 0 Å². The molecule has 1 aromatic rings. The smallest absolute Gasteiger partial charge is 0.128 e. The number of nitrogens with one attached hydrogen (secondary N) is 1. The number of ether oxygens (including phenoxy) is 1. The number of anilines is 1. The van der Waals surface area contributed by atoms with E-state index in [0.29, 0.717) is 6.04 Å². The van der Waals surface area contributed by atoms with Gasteiger partial charge in [0.05, 0.1) is 12.6 Å². The number of likely N-dealkylation sites (N-methyl/N-ethyl adjacent to an activating group) is 1. The lowest BCUT2D eigenvalue weighted by molar-refractivity contribution is 0.193. The van der Waals surface area contributed by atoms with Gasteiger partial charge in [0.1, 0.15) is 5.82 Å². The minimum Gasteiger partial charge on any atom is -0.379 e. The molecular formula is C14H23N3O. The van der Waals surface area contributed by atoms with Crippen LogP contribution in [0.2, 0.25) is 0 Å². The second-order valence-electron chi connectivity index (χ2n) is 4.82. The molecule has 0 amide bonds. The van der Waals surface area contributed by atoms with Crippen molar-refractivity contribution in [2.75, 3.05) is 31.7 Å². The second-order valence-corrected chi connectivity index (χ2v) is 4.82. The number of pyridine rings is 1. The Morgan fingerprint density at radius 1 is 1.50 bits per heavy atom. The van der Waals surface area contributed by atoms with Gasteiger partial charge in [-0.05, 0) is 31.5 Å². The molecule has 0 aliphatic carbocycles. The Morgan fingerprint density at radius 2 is 2.33 bits per heavy atom. The van der Waals surface area contributed by atoms with E-state index < -0.39 is 0 Å². The van der Waals surface area contributed by atoms with Crippen molar-refractivity contribution < 1.29 is 4.74 Å². The van der Waals surface area contributed by atoms with E-state index in [4.69, 9.17) is 9.72 Å². The van der Waals surface area contributed by atoms with Gasteiger partial charge in [-0.3, -0.25) is 0 Å². The van der Waals surface area contributed by atoms with E-state index in [1.54, 1.807) is 0 Å². The van der Waals surface area contributed by atoms with E-state index in [0.717, 1.165) is 44.2 Å². The van der Waals surface area contributed by atoms with Crippen LogP contribution in [0.3, 0.4) is 0 Å². The molecule has 4 nitrogen and oxygen atoms in total. The van der Waals surface area contributed by atoms with Crippen molar-refractivity contribution in [1.29, 1.82) is 0 Å². The molecule has 1 saturated heterocycles. The van der Waals surface area contributed by atoms with Crippen LogP contribution in [0.5, 0.6) is 0 Å². The summed E-state index contributed by atoms with van der Waals surface area (Å²) < 4.78 is 5.43. The van der Waals surface area contributed by atoms with Crippen molar-refractivity contribution >= 4 is 5.82 Å². The molecule has 18 heavy (non-hydrogen) atoms. The first-order chi connectivity index (χ1) is 8.72. The number of aromatic nitrogens is 1. The molecule has 0 saturated carbocycles. The number of aryl methyl sites for hydroxylation is 1.